The van der Waals surface area contributed by atoms with E-state index in [2.05, 4.69) is 39.2 Å². The van der Waals surface area contributed by atoms with Crippen LogP contribution in [0.25, 0.3) is 5.95 Å². The first kappa shape index (κ1) is 12.8. The van der Waals surface area contributed by atoms with Gasteiger partial charge in [0.05, 0.1) is 0 Å². The maximum absolute atomic E-state index is 5.87. The maximum atomic E-state index is 5.87. The van der Waals surface area contributed by atoms with E-state index in [1.807, 2.05) is 0 Å². The predicted molar refractivity (Wildman–Crippen MR) is 69.9 cm³/mol. The first-order valence-corrected chi connectivity index (χ1v) is 6.22. The molecule has 2 aromatic heterocycles. The van der Waals surface area contributed by atoms with Gasteiger partial charge in [-0.1, -0.05) is 20.3 Å². The lowest BCUT2D eigenvalue weighted by Gasteiger charge is -2.10. The molecule has 0 saturated heterocycles. The standard InChI is InChI=1S/C11H15ClN6/c1-3-8(2)7-13-10-15-9(12)16-11(17-10)18-6-4-5-14-18/h4-6,8H,3,7H2,1-2H3,(H,13,15,16,17). The van der Waals surface area contributed by atoms with Gasteiger partial charge in [0.15, 0.2) is 0 Å². The number of nitrogens with zero attached hydrogens (tertiary/aromatic N) is 5. The molecule has 96 valence electrons. The van der Waals surface area contributed by atoms with E-state index in [-0.39, 0.29) is 5.28 Å². The summed E-state index contributed by atoms with van der Waals surface area (Å²) < 4.78 is 1.54. The topological polar surface area (TPSA) is 68.5 Å². The third-order valence-electron chi connectivity index (χ3n) is 2.61. The second-order valence-electron chi connectivity index (χ2n) is 4.07. The minimum Gasteiger partial charge on any atom is -0.354 e. The van der Waals surface area contributed by atoms with Crippen LogP contribution in [0.4, 0.5) is 5.95 Å². The van der Waals surface area contributed by atoms with Gasteiger partial charge in [-0.15, -0.1) is 0 Å². The largest absolute Gasteiger partial charge is 0.354 e. The van der Waals surface area contributed by atoms with Gasteiger partial charge < -0.3 is 5.32 Å². The van der Waals surface area contributed by atoms with E-state index in [0.29, 0.717) is 17.8 Å². The monoisotopic (exact) mass is 266 g/mol. The Labute approximate surface area is 110 Å². The van der Waals surface area contributed by atoms with Crippen LogP contribution in [-0.2, 0) is 0 Å². The lowest BCUT2D eigenvalue weighted by molar-refractivity contribution is 0.590. The summed E-state index contributed by atoms with van der Waals surface area (Å²) in [4.78, 5) is 12.3. The Balaban J connectivity index is 2.17. The van der Waals surface area contributed by atoms with Crippen molar-refractivity contribution in [3.8, 4) is 5.95 Å². The van der Waals surface area contributed by atoms with Gasteiger partial charge in [-0.2, -0.15) is 20.1 Å². The molecule has 6 nitrogen and oxygen atoms in total. The number of rotatable bonds is 5. The fourth-order valence-electron chi connectivity index (χ4n) is 1.32. The number of aromatic nitrogens is 5. The number of nitrogens with one attached hydrogen (secondary N) is 1. The van der Waals surface area contributed by atoms with Crippen molar-refractivity contribution in [1.82, 2.24) is 24.7 Å². The molecular weight excluding hydrogens is 252 g/mol. The van der Waals surface area contributed by atoms with Crippen molar-refractivity contribution in [2.45, 2.75) is 20.3 Å². The molecule has 2 aromatic rings. The summed E-state index contributed by atoms with van der Waals surface area (Å²) in [6.07, 6.45) is 4.51. The van der Waals surface area contributed by atoms with Crippen LogP contribution in [0.3, 0.4) is 0 Å². The SMILES string of the molecule is CCC(C)CNc1nc(Cl)nc(-n2cccn2)n1. The lowest BCUT2D eigenvalue weighted by atomic mass is 10.1. The molecule has 1 atom stereocenters. The zero-order chi connectivity index (χ0) is 13.0. The highest BCUT2D eigenvalue weighted by Crippen LogP contribution is 2.10. The molecule has 2 rings (SSSR count). The van der Waals surface area contributed by atoms with Crippen molar-refractivity contribution in [2.24, 2.45) is 5.92 Å². The molecule has 2 heterocycles. The van der Waals surface area contributed by atoms with Crippen LogP contribution in [0.2, 0.25) is 5.28 Å². The van der Waals surface area contributed by atoms with E-state index in [1.54, 1.807) is 23.1 Å². The first-order valence-electron chi connectivity index (χ1n) is 5.84. The van der Waals surface area contributed by atoms with Crippen molar-refractivity contribution in [3.05, 3.63) is 23.7 Å². The molecule has 0 spiro atoms. The van der Waals surface area contributed by atoms with Crippen LogP contribution in [0.1, 0.15) is 20.3 Å². The van der Waals surface area contributed by atoms with Crippen LogP contribution < -0.4 is 5.32 Å². The molecule has 0 aliphatic heterocycles. The highest BCUT2D eigenvalue weighted by atomic mass is 35.5. The van der Waals surface area contributed by atoms with Crippen LogP contribution in [0.5, 0.6) is 0 Å². The highest BCUT2D eigenvalue weighted by molar-refractivity contribution is 6.28. The summed E-state index contributed by atoms with van der Waals surface area (Å²) in [6.45, 7) is 5.10. The van der Waals surface area contributed by atoms with Gasteiger partial charge in [0.1, 0.15) is 0 Å². The van der Waals surface area contributed by atoms with E-state index in [9.17, 15) is 0 Å². The van der Waals surface area contributed by atoms with Gasteiger partial charge in [0.25, 0.3) is 5.95 Å². The molecule has 0 radical (unpaired) electrons. The Morgan fingerprint density at radius 1 is 1.39 bits per heavy atom. The third-order valence-corrected chi connectivity index (χ3v) is 2.78. The fraction of sp³-hybridized carbons (Fsp3) is 0.455. The van der Waals surface area contributed by atoms with E-state index in [0.717, 1.165) is 13.0 Å². The lowest BCUT2D eigenvalue weighted by Crippen LogP contribution is -2.14. The average Bonchev–Trinajstić information content (AvgIpc) is 2.89. The zero-order valence-electron chi connectivity index (χ0n) is 10.3. The summed E-state index contributed by atoms with van der Waals surface area (Å²) in [6, 6.07) is 1.80. The van der Waals surface area contributed by atoms with E-state index in [4.69, 9.17) is 11.6 Å². The summed E-state index contributed by atoms with van der Waals surface area (Å²) in [5.74, 6) is 1.43. The molecular formula is C11H15ClN6. The van der Waals surface area contributed by atoms with Gasteiger partial charge in [-0.05, 0) is 23.6 Å². The van der Waals surface area contributed by atoms with Gasteiger partial charge in [-0.3, -0.25) is 0 Å². The van der Waals surface area contributed by atoms with Gasteiger partial charge >= 0.3 is 0 Å². The molecule has 0 bridgehead atoms. The second kappa shape index (κ2) is 5.77. The van der Waals surface area contributed by atoms with E-state index in [1.165, 1.54) is 0 Å². The Hall–Kier alpha value is -1.69. The number of hydrogen-bond acceptors (Lipinski definition) is 5. The van der Waals surface area contributed by atoms with Crippen molar-refractivity contribution < 1.29 is 0 Å². The maximum Gasteiger partial charge on any atom is 0.256 e. The molecule has 18 heavy (non-hydrogen) atoms. The van der Waals surface area contributed by atoms with Crippen molar-refractivity contribution in [1.29, 1.82) is 0 Å². The highest BCUT2D eigenvalue weighted by Gasteiger charge is 2.07. The molecule has 7 heteroatoms. The van der Waals surface area contributed by atoms with Crippen LogP contribution in [0.15, 0.2) is 18.5 Å². The molecule has 0 aliphatic carbocycles. The molecule has 1 N–H and O–H groups in total. The summed E-state index contributed by atoms with van der Waals surface area (Å²) >= 11 is 5.87. The number of anilines is 1. The Morgan fingerprint density at radius 3 is 2.89 bits per heavy atom. The van der Waals surface area contributed by atoms with Crippen molar-refractivity contribution >= 4 is 17.5 Å². The van der Waals surface area contributed by atoms with Gasteiger partial charge in [0.2, 0.25) is 11.2 Å². The number of hydrogen-bond donors (Lipinski definition) is 1. The average molecular weight is 267 g/mol. The fourth-order valence-corrected chi connectivity index (χ4v) is 1.47. The molecule has 0 saturated carbocycles. The Kier molecular flexibility index (Phi) is 4.09. The minimum absolute atomic E-state index is 0.155. The first-order chi connectivity index (χ1) is 8.69. The quantitative estimate of drug-likeness (QED) is 0.898. The Bertz CT molecular complexity index is 498. The normalized spacial score (nSPS) is 12.4. The summed E-state index contributed by atoms with van der Waals surface area (Å²) in [7, 11) is 0. The van der Waals surface area contributed by atoms with Crippen LogP contribution in [0, 0.1) is 5.92 Å². The Morgan fingerprint density at radius 2 is 2.22 bits per heavy atom. The van der Waals surface area contributed by atoms with Crippen molar-refractivity contribution in [3.63, 3.8) is 0 Å². The number of halogens is 1. The molecule has 0 aliphatic rings. The second-order valence-corrected chi connectivity index (χ2v) is 4.41. The molecule has 0 amide bonds. The predicted octanol–water partition coefficient (Wildman–Crippen LogP) is 2.17. The zero-order valence-corrected chi connectivity index (χ0v) is 11.1. The van der Waals surface area contributed by atoms with Gasteiger partial charge in [-0.25, -0.2) is 4.68 Å². The smallest absolute Gasteiger partial charge is 0.256 e. The van der Waals surface area contributed by atoms with Gasteiger partial charge in [0, 0.05) is 18.9 Å². The van der Waals surface area contributed by atoms with Crippen LogP contribution in [-0.4, -0.2) is 31.3 Å². The molecule has 1 unspecified atom stereocenters. The summed E-state index contributed by atoms with van der Waals surface area (Å²) in [5, 5.41) is 7.36. The molecule has 0 fully saturated rings. The molecule has 0 aromatic carbocycles. The van der Waals surface area contributed by atoms with E-state index >= 15 is 0 Å². The third kappa shape index (κ3) is 3.16. The van der Waals surface area contributed by atoms with Crippen LogP contribution >= 0.6 is 11.6 Å². The van der Waals surface area contributed by atoms with Crippen molar-refractivity contribution in [2.75, 3.05) is 11.9 Å². The summed E-state index contributed by atoms with van der Waals surface area (Å²) in [5.41, 5.74) is 0. The van der Waals surface area contributed by atoms with E-state index < -0.39 is 0 Å². The minimum atomic E-state index is 0.155.